The summed E-state index contributed by atoms with van der Waals surface area (Å²) in [7, 11) is 0. The monoisotopic (exact) mass is 739 g/mol. The van der Waals surface area contributed by atoms with E-state index in [1.54, 1.807) is 0 Å². The first-order valence-electron chi connectivity index (χ1n) is 19.8. The van der Waals surface area contributed by atoms with Gasteiger partial charge < -0.3 is 9.32 Å². The summed E-state index contributed by atoms with van der Waals surface area (Å²) in [5, 5.41) is 8.63. The molecule has 0 saturated heterocycles. The van der Waals surface area contributed by atoms with Gasteiger partial charge in [-0.1, -0.05) is 176 Å². The summed E-state index contributed by atoms with van der Waals surface area (Å²) in [6.07, 6.45) is 0. The van der Waals surface area contributed by atoms with Crippen molar-refractivity contribution in [1.29, 1.82) is 0 Å². The number of fused-ring (bicyclic) bond motifs is 5. The Kier molecular flexibility index (Phi) is 8.19. The molecular weight excluding hydrogens is 703 g/mol. The summed E-state index contributed by atoms with van der Waals surface area (Å²) in [4.78, 5) is 2.36. The van der Waals surface area contributed by atoms with Crippen molar-refractivity contribution in [3.63, 3.8) is 0 Å². The van der Waals surface area contributed by atoms with Gasteiger partial charge in [0.2, 0.25) is 0 Å². The Morgan fingerprint density at radius 2 is 0.862 bits per heavy atom. The lowest BCUT2D eigenvalue weighted by molar-refractivity contribution is 0.632. The van der Waals surface area contributed by atoms with Gasteiger partial charge in [0.1, 0.15) is 11.3 Å². The van der Waals surface area contributed by atoms with E-state index in [1.807, 2.05) is 6.07 Å². The molecule has 0 amide bonds. The molecule has 0 bridgehead atoms. The lowest BCUT2D eigenvalue weighted by Crippen LogP contribution is -2.11. The smallest absolute Gasteiger partial charge is 0.145 e. The van der Waals surface area contributed by atoms with Gasteiger partial charge in [0.05, 0.1) is 5.69 Å². The average molecular weight is 740 g/mol. The highest BCUT2D eigenvalue weighted by Gasteiger charge is 2.24. The highest BCUT2D eigenvalue weighted by molar-refractivity contribution is 6.09. The molecule has 0 N–H and O–H groups in total. The number of hydrogen-bond acceptors (Lipinski definition) is 2. The van der Waals surface area contributed by atoms with E-state index in [1.165, 1.54) is 54.6 Å². The molecular formula is C56H37NO. The lowest BCUT2D eigenvalue weighted by atomic mass is 9.96. The Hall–Kier alpha value is -7.68. The Morgan fingerprint density at radius 3 is 1.66 bits per heavy atom. The Labute approximate surface area is 337 Å². The first kappa shape index (κ1) is 33.6. The summed E-state index contributed by atoms with van der Waals surface area (Å²) < 4.78 is 6.83. The number of anilines is 3. The molecule has 0 aliphatic heterocycles. The fourth-order valence-corrected chi connectivity index (χ4v) is 8.68. The minimum absolute atomic E-state index is 0.848. The van der Waals surface area contributed by atoms with Crippen molar-refractivity contribution in [1.82, 2.24) is 0 Å². The maximum absolute atomic E-state index is 6.83. The van der Waals surface area contributed by atoms with Crippen molar-refractivity contribution in [3.8, 4) is 44.7 Å². The maximum atomic E-state index is 6.83. The van der Waals surface area contributed by atoms with Gasteiger partial charge in [0.15, 0.2) is 0 Å². The van der Waals surface area contributed by atoms with E-state index in [-0.39, 0.29) is 0 Å². The van der Waals surface area contributed by atoms with E-state index >= 15 is 0 Å². The molecule has 0 atom stereocenters. The Morgan fingerprint density at radius 1 is 0.310 bits per heavy atom. The van der Waals surface area contributed by atoms with Crippen molar-refractivity contribution in [2.45, 2.75) is 0 Å². The highest BCUT2D eigenvalue weighted by Crippen LogP contribution is 2.47. The number of furan rings is 1. The van der Waals surface area contributed by atoms with E-state index in [9.17, 15) is 0 Å². The SMILES string of the molecule is c1ccc(-c2c(-c3ccccc3N(c3ccc(-c4ccc5c(ccc6ccccc65)c4)cc3)c3ccc(-c4cccc5ccccc45)cc3)oc3ccccc23)cc1. The summed E-state index contributed by atoms with van der Waals surface area (Å²) >= 11 is 0. The van der Waals surface area contributed by atoms with E-state index < -0.39 is 0 Å². The standard InChI is InChI=1S/C56H37NO/c1-2-15-42(16-3-1)55-52-21-9-11-24-54(52)58-56(55)51-20-8-10-23-53(51)57(46-34-29-41(30-35-46)49-22-12-17-39-13-4-6-18-47(39)49)45-32-27-38(28-33-45)43-31-36-50-44(37-43)26-25-40-14-5-7-19-48(40)50/h1-37H. The van der Waals surface area contributed by atoms with Crippen molar-refractivity contribution in [2.24, 2.45) is 0 Å². The molecule has 1 heterocycles. The average Bonchev–Trinajstić information content (AvgIpc) is 3.69. The third-order valence-electron chi connectivity index (χ3n) is 11.5. The minimum atomic E-state index is 0.848. The van der Waals surface area contributed by atoms with E-state index in [4.69, 9.17) is 4.42 Å². The molecule has 11 aromatic rings. The van der Waals surface area contributed by atoms with Crippen molar-refractivity contribution >= 4 is 60.3 Å². The van der Waals surface area contributed by atoms with Crippen LogP contribution in [-0.4, -0.2) is 0 Å². The van der Waals surface area contributed by atoms with Gasteiger partial charge in [-0.3, -0.25) is 0 Å². The number of rotatable bonds is 7. The Balaban J connectivity index is 1.06. The first-order chi connectivity index (χ1) is 28.8. The summed E-state index contributed by atoms with van der Waals surface area (Å²) in [6, 6.07) is 80.5. The molecule has 58 heavy (non-hydrogen) atoms. The van der Waals surface area contributed by atoms with Crippen LogP contribution in [0.4, 0.5) is 17.1 Å². The molecule has 1 aromatic heterocycles. The predicted molar refractivity (Wildman–Crippen MR) is 245 cm³/mol. The molecule has 11 rings (SSSR count). The second-order valence-corrected chi connectivity index (χ2v) is 14.9. The van der Waals surface area contributed by atoms with Crippen LogP contribution >= 0.6 is 0 Å². The zero-order valence-electron chi connectivity index (χ0n) is 31.7. The fourth-order valence-electron chi connectivity index (χ4n) is 8.68. The number of nitrogens with zero attached hydrogens (tertiary/aromatic N) is 1. The number of hydrogen-bond donors (Lipinski definition) is 0. The van der Waals surface area contributed by atoms with Crippen LogP contribution in [0.3, 0.4) is 0 Å². The van der Waals surface area contributed by atoms with Gasteiger partial charge in [-0.15, -0.1) is 0 Å². The van der Waals surface area contributed by atoms with E-state index in [0.717, 1.165) is 50.5 Å². The third kappa shape index (κ3) is 5.82. The summed E-state index contributed by atoms with van der Waals surface area (Å²) in [5.41, 5.74) is 12.0. The van der Waals surface area contributed by atoms with Crippen molar-refractivity contribution < 1.29 is 4.42 Å². The number of para-hydroxylation sites is 2. The minimum Gasteiger partial charge on any atom is -0.455 e. The molecule has 10 aromatic carbocycles. The van der Waals surface area contributed by atoms with Crippen LogP contribution in [-0.2, 0) is 0 Å². The molecule has 0 saturated carbocycles. The molecule has 0 spiro atoms. The zero-order chi connectivity index (χ0) is 38.4. The molecule has 0 radical (unpaired) electrons. The van der Waals surface area contributed by atoms with Crippen LogP contribution in [0.2, 0.25) is 0 Å². The summed E-state index contributed by atoms with van der Waals surface area (Å²) in [5.74, 6) is 0.848. The normalized spacial score (nSPS) is 11.4. The molecule has 0 aliphatic rings. The van der Waals surface area contributed by atoms with Gasteiger partial charge in [0.25, 0.3) is 0 Å². The third-order valence-corrected chi connectivity index (χ3v) is 11.5. The second-order valence-electron chi connectivity index (χ2n) is 14.9. The first-order valence-corrected chi connectivity index (χ1v) is 19.8. The maximum Gasteiger partial charge on any atom is 0.145 e. The van der Waals surface area contributed by atoms with Crippen LogP contribution in [0.1, 0.15) is 0 Å². The molecule has 0 unspecified atom stereocenters. The molecule has 0 aliphatic carbocycles. The van der Waals surface area contributed by atoms with Crippen molar-refractivity contribution in [2.75, 3.05) is 4.90 Å². The Bertz CT molecular complexity index is 3260. The second kappa shape index (κ2) is 14.1. The largest absolute Gasteiger partial charge is 0.455 e. The van der Waals surface area contributed by atoms with Crippen LogP contribution in [0.5, 0.6) is 0 Å². The molecule has 2 nitrogen and oxygen atoms in total. The summed E-state index contributed by atoms with van der Waals surface area (Å²) in [6.45, 7) is 0. The predicted octanol–water partition coefficient (Wildman–Crippen LogP) is 16.0. The van der Waals surface area contributed by atoms with E-state index in [0.29, 0.717) is 0 Å². The molecule has 2 heteroatoms. The van der Waals surface area contributed by atoms with E-state index in [2.05, 4.69) is 223 Å². The van der Waals surface area contributed by atoms with Crippen LogP contribution in [0.25, 0.3) is 88.0 Å². The number of benzene rings is 10. The van der Waals surface area contributed by atoms with Crippen LogP contribution < -0.4 is 4.90 Å². The topological polar surface area (TPSA) is 16.4 Å². The van der Waals surface area contributed by atoms with Gasteiger partial charge in [0, 0.05) is 27.9 Å². The van der Waals surface area contributed by atoms with Gasteiger partial charge >= 0.3 is 0 Å². The quantitative estimate of drug-likeness (QED) is 0.151. The highest BCUT2D eigenvalue weighted by atomic mass is 16.3. The zero-order valence-corrected chi connectivity index (χ0v) is 31.7. The lowest BCUT2D eigenvalue weighted by Gasteiger charge is -2.28. The van der Waals surface area contributed by atoms with Gasteiger partial charge in [-0.05, 0) is 109 Å². The molecule has 272 valence electrons. The van der Waals surface area contributed by atoms with Gasteiger partial charge in [-0.2, -0.15) is 0 Å². The van der Waals surface area contributed by atoms with Crippen molar-refractivity contribution in [3.05, 3.63) is 224 Å². The van der Waals surface area contributed by atoms with Crippen LogP contribution in [0.15, 0.2) is 229 Å². The fraction of sp³-hybridized carbons (Fsp3) is 0. The van der Waals surface area contributed by atoms with Gasteiger partial charge in [-0.25, -0.2) is 0 Å². The van der Waals surface area contributed by atoms with Crippen LogP contribution in [0, 0.1) is 0 Å². The molecule has 0 fully saturated rings.